The number of carbonyl (C=O) groups is 1. The summed E-state index contributed by atoms with van der Waals surface area (Å²) in [6.45, 7) is 6.41. The molecular weight excluding hydrogens is 619 g/mol. The van der Waals surface area contributed by atoms with Crippen LogP contribution in [0.15, 0.2) is 140 Å². The molecule has 1 aliphatic rings. The van der Waals surface area contributed by atoms with Gasteiger partial charge in [-0.1, -0.05) is 141 Å². The summed E-state index contributed by atoms with van der Waals surface area (Å²) in [5.74, 6) is 1.26. The molecule has 0 saturated carbocycles. The Bertz CT molecular complexity index is 2040. The second-order valence-corrected chi connectivity index (χ2v) is 13.8. The molecule has 1 saturated heterocycles. The Morgan fingerprint density at radius 2 is 1.24 bits per heavy atom. The molecular formula is C44H45N3O3. The number of hydrogen-bond acceptors (Lipinski definition) is 4. The Labute approximate surface area is 295 Å². The predicted molar refractivity (Wildman–Crippen MR) is 202 cm³/mol. The minimum absolute atomic E-state index is 0.125. The van der Waals surface area contributed by atoms with E-state index in [9.17, 15) is 5.11 Å². The largest absolute Gasteiger partial charge is 0.493 e. The summed E-state index contributed by atoms with van der Waals surface area (Å²) in [5.41, 5.74) is 4.22. The van der Waals surface area contributed by atoms with Crippen LogP contribution >= 0.6 is 0 Å². The molecule has 254 valence electrons. The second-order valence-electron chi connectivity index (χ2n) is 13.8. The molecule has 0 aliphatic carbocycles. The van der Waals surface area contributed by atoms with Gasteiger partial charge in [0.2, 0.25) is 0 Å². The van der Waals surface area contributed by atoms with Gasteiger partial charge in [0, 0.05) is 19.6 Å². The van der Waals surface area contributed by atoms with Crippen LogP contribution in [0, 0.1) is 5.92 Å². The molecule has 0 aromatic heterocycles. The standard InChI is InChI=1S/C44H45N3O3/c1-32(2)31-50-39-24-22-34(23-25-39)27-45-30-43(48)42(26-33-12-4-3-5-13-33)46(28-37-18-10-16-35-14-6-8-20-40(35)37)44(49)47(45)29-38-19-11-17-36-15-7-9-21-41(36)38/h3-25,32,42-43,48H,26-31H2,1-2H3/t42-,43-/m0/s1. The van der Waals surface area contributed by atoms with Crippen molar-refractivity contribution in [3.8, 4) is 5.75 Å². The van der Waals surface area contributed by atoms with Crippen LogP contribution in [0.25, 0.3) is 21.5 Å². The first kappa shape index (κ1) is 33.3. The zero-order chi connectivity index (χ0) is 34.5. The number of carbonyl (C=O) groups excluding carboxylic acids is 1. The average Bonchev–Trinajstić information content (AvgIpc) is 3.22. The lowest BCUT2D eigenvalue weighted by Crippen LogP contribution is -2.51. The maximum atomic E-state index is 15.3. The fraction of sp³-hybridized carbons (Fsp3) is 0.250. The molecule has 1 fully saturated rings. The molecule has 1 heterocycles. The van der Waals surface area contributed by atoms with Gasteiger partial charge in [0.1, 0.15) is 5.75 Å². The van der Waals surface area contributed by atoms with Gasteiger partial charge in [-0.3, -0.25) is 5.01 Å². The summed E-state index contributed by atoms with van der Waals surface area (Å²) in [6, 6.07) is 46.9. The molecule has 0 bridgehead atoms. The van der Waals surface area contributed by atoms with E-state index in [-0.39, 0.29) is 6.03 Å². The zero-order valence-corrected chi connectivity index (χ0v) is 28.9. The average molecular weight is 664 g/mol. The van der Waals surface area contributed by atoms with Crippen molar-refractivity contribution >= 4 is 27.6 Å². The van der Waals surface area contributed by atoms with Crippen molar-refractivity contribution in [2.75, 3.05) is 13.2 Å². The Hall–Kier alpha value is -5.17. The van der Waals surface area contributed by atoms with Gasteiger partial charge in [0.05, 0.1) is 25.3 Å². The lowest BCUT2D eigenvalue weighted by Gasteiger charge is -2.37. The van der Waals surface area contributed by atoms with Crippen LogP contribution < -0.4 is 4.74 Å². The maximum Gasteiger partial charge on any atom is 0.335 e. The highest BCUT2D eigenvalue weighted by molar-refractivity contribution is 5.87. The van der Waals surface area contributed by atoms with Crippen LogP contribution in [0.4, 0.5) is 4.79 Å². The van der Waals surface area contributed by atoms with Gasteiger partial charge < -0.3 is 14.7 Å². The van der Waals surface area contributed by atoms with Crippen LogP contribution in [-0.4, -0.2) is 51.4 Å². The third-order valence-corrected chi connectivity index (χ3v) is 9.63. The van der Waals surface area contributed by atoms with Crippen molar-refractivity contribution < 1.29 is 14.6 Å². The van der Waals surface area contributed by atoms with Crippen molar-refractivity contribution in [3.05, 3.63) is 162 Å². The van der Waals surface area contributed by atoms with Gasteiger partial charge in [-0.25, -0.2) is 9.80 Å². The fourth-order valence-corrected chi connectivity index (χ4v) is 7.03. The van der Waals surface area contributed by atoms with Crippen molar-refractivity contribution in [2.45, 2.75) is 52.0 Å². The molecule has 2 atom stereocenters. The van der Waals surface area contributed by atoms with Crippen LogP contribution in [0.1, 0.15) is 36.1 Å². The fourth-order valence-electron chi connectivity index (χ4n) is 7.03. The summed E-state index contributed by atoms with van der Waals surface area (Å²) < 4.78 is 5.95. The summed E-state index contributed by atoms with van der Waals surface area (Å²) in [6.07, 6.45) is -0.267. The maximum absolute atomic E-state index is 15.3. The molecule has 2 amide bonds. The summed E-state index contributed by atoms with van der Waals surface area (Å²) in [4.78, 5) is 17.2. The van der Waals surface area contributed by atoms with E-state index in [2.05, 4.69) is 98.8 Å². The van der Waals surface area contributed by atoms with Crippen LogP contribution in [0.3, 0.4) is 0 Å². The Kier molecular flexibility index (Phi) is 10.1. The van der Waals surface area contributed by atoms with E-state index in [0.29, 0.717) is 45.1 Å². The first-order valence-electron chi connectivity index (χ1n) is 17.6. The number of rotatable bonds is 11. The molecule has 0 spiro atoms. The quantitative estimate of drug-likeness (QED) is 0.151. The van der Waals surface area contributed by atoms with E-state index in [1.807, 2.05) is 69.5 Å². The number of hydrogen-bond donors (Lipinski definition) is 1. The summed E-state index contributed by atoms with van der Waals surface area (Å²) >= 11 is 0. The predicted octanol–water partition coefficient (Wildman–Crippen LogP) is 8.86. The smallest absolute Gasteiger partial charge is 0.335 e. The molecule has 7 rings (SSSR count). The summed E-state index contributed by atoms with van der Waals surface area (Å²) in [5, 5.41) is 20.6. The highest BCUT2D eigenvalue weighted by atomic mass is 16.5. The summed E-state index contributed by atoms with van der Waals surface area (Å²) in [7, 11) is 0. The van der Waals surface area contributed by atoms with E-state index in [0.717, 1.165) is 49.5 Å². The molecule has 6 nitrogen and oxygen atoms in total. The van der Waals surface area contributed by atoms with Crippen molar-refractivity contribution in [3.63, 3.8) is 0 Å². The number of aliphatic hydroxyl groups is 1. The van der Waals surface area contributed by atoms with E-state index in [1.165, 1.54) is 0 Å². The number of benzene rings is 6. The number of urea groups is 1. The van der Waals surface area contributed by atoms with Crippen molar-refractivity contribution in [2.24, 2.45) is 5.92 Å². The lowest BCUT2D eigenvalue weighted by molar-refractivity contribution is -0.0211. The monoisotopic (exact) mass is 663 g/mol. The number of β-amino-alcohol motifs (C(OH)–C–C–N with tert-alkyl or cyclic N) is 1. The number of fused-ring (bicyclic) bond motifs is 2. The molecule has 6 heteroatoms. The lowest BCUT2D eigenvalue weighted by atomic mass is 9.98. The first-order chi connectivity index (χ1) is 24.4. The van der Waals surface area contributed by atoms with E-state index in [1.54, 1.807) is 0 Å². The molecule has 50 heavy (non-hydrogen) atoms. The van der Waals surface area contributed by atoms with Gasteiger partial charge in [0.25, 0.3) is 0 Å². The minimum Gasteiger partial charge on any atom is -0.493 e. The second kappa shape index (κ2) is 15.2. The number of amides is 2. The third kappa shape index (κ3) is 7.52. The number of aliphatic hydroxyl groups excluding tert-OH is 1. The highest BCUT2D eigenvalue weighted by Crippen LogP contribution is 2.30. The van der Waals surface area contributed by atoms with E-state index < -0.39 is 12.1 Å². The minimum atomic E-state index is -0.805. The van der Waals surface area contributed by atoms with Gasteiger partial charge in [-0.05, 0) is 68.3 Å². The van der Waals surface area contributed by atoms with Gasteiger partial charge in [-0.15, -0.1) is 0 Å². The van der Waals surface area contributed by atoms with Gasteiger partial charge >= 0.3 is 6.03 Å². The molecule has 6 aromatic carbocycles. The molecule has 6 aromatic rings. The number of hydrazine groups is 1. The highest BCUT2D eigenvalue weighted by Gasteiger charge is 2.40. The Morgan fingerprint density at radius 1 is 0.660 bits per heavy atom. The van der Waals surface area contributed by atoms with Crippen molar-refractivity contribution in [1.29, 1.82) is 0 Å². The molecule has 1 N–H and O–H groups in total. The Balaban J connectivity index is 1.29. The number of nitrogens with zero attached hydrogens (tertiary/aromatic N) is 3. The van der Waals surface area contributed by atoms with Crippen LogP contribution in [-0.2, 0) is 26.1 Å². The normalized spacial score (nSPS) is 17.1. The van der Waals surface area contributed by atoms with Crippen molar-refractivity contribution in [1.82, 2.24) is 14.9 Å². The Morgan fingerprint density at radius 3 is 1.88 bits per heavy atom. The van der Waals surface area contributed by atoms with E-state index >= 15 is 4.79 Å². The van der Waals surface area contributed by atoms with Crippen LogP contribution in [0.2, 0.25) is 0 Å². The zero-order valence-electron chi connectivity index (χ0n) is 28.9. The molecule has 1 aliphatic heterocycles. The third-order valence-electron chi connectivity index (χ3n) is 9.63. The first-order valence-corrected chi connectivity index (χ1v) is 17.6. The van der Waals surface area contributed by atoms with Gasteiger partial charge in [-0.2, -0.15) is 0 Å². The molecule has 0 radical (unpaired) electrons. The van der Waals surface area contributed by atoms with E-state index in [4.69, 9.17) is 4.74 Å². The topological polar surface area (TPSA) is 56.3 Å². The SMILES string of the molecule is CC(C)COc1ccc(CN2C[C@H](O)[C@H](Cc3ccccc3)N(Cc3cccc4ccccc34)C(=O)N2Cc2cccc3ccccc23)cc1. The number of ether oxygens (including phenoxy) is 1. The molecule has 0 unspecified atom stereocenters. The van der Waals surface area contributed by atoms with Crippen LogP contribution in [0.5, 0.6) is 5.75 Å². The van der Waals surface area contributed by atoms with Gasteiger partial charge in [0.15, 0.2) is 0 Å².